The fraction of sp³-hybridized carbons (Fsp3) is 0.400. The molecular formula is C15H15F3N4O. The monoisotopic (exact) mass is 324 g/mol. The van der Waals surface area contributed by atoms with E-state index in [2.05, 4.69) is 20.6 Å². The second-order valence-corrected chi connectivity index (χ2v) is 5.62. The van der Waals surface area contributed by atoms with Crippen LogP contribution in [0.2, 0.25) is 0 Å². The Balaban J connectivity index is 1.84. The molecule has 23 heavy (non-hydrogen) atoms. The van der Waals surface area contributed by atoms with Crippen LogP contribution in [0.5, 0.6) is 0 Å². The number of para-hydroxylation sites is 1. The van der Waals surface area contributed by atoms with Gasteiger partial charge in [-0.2, -0.15) is 13.2 Å². The lowest BCUT2D eigenvalue weighted by Gasteiger charge is -2.36. The fourth-order valence-electron chi connectivity index (χ4n) is 2.65. The maximum Gasteiger partial charge on any atom is 0.451 e. The van der Waals surface area contributed by atoms with Gasteiger partial charge in [0.05, 0.1) is 5.52 Å². The molecule has 0 spiro atoms. The van der Waals surface area contributed by atoms with Crippen molar-refractivity contribution in [3.05, 3.63) is 30.1 Å². The van der Waals surface area contributed by atoms with Gasteiger partial charge in [-0.05, 0) is 25.0 Å². The predicted octanol–water partition coefficient (Wildman–Crippen LogP) is 2.73. The Morgan fingerprint density at radius 2 is 1.87 bits per heavy atom. The molecule has 2 N–H and O–H groups in total. The van der Waals surface area contributed by atoms with Gasteiger partial charge in [0.15, 0.2) is 0 Å². The van der Waals surface area contributed by atoms with Crippen LogP contribution in [0.25, 0.3) is 10.9 Å². The van der Waals surface area contributed by atoms with Crippen molar-refractivity contribution >= 4 is 22.6 Å². The summed E-state index contributed by atoms with van der Waals surface area (Å²) in [4.78, 5) is 18.2. The quantitative estimate of drug-likeness (QED) is 0.911. The molecule has 0 saturated heterocycles. The van der Waals surface area contributed by atoms with E-state index in [0.717, 1.165) is 0 Å². The number of amides is 1. The van der Waals surface area contributed by atoms with Crippen LogP contribution in [0.15, 0.2) is 24.3 Å². The van der Waals surface area contributed by atoms with Crippen molar-refractivity contribution in [1.29, 1.82) is 0 Å². The van der Waals surface area contributed by atoms with Gasteiger partial charge in [0.25, 0.3) is 0 Å². The Kier molecular flexibility index (Phi) is 3.83. The highest BCUT2D eigenvalue weighted by molar-refractivity contribution is 5.89. The molecule has 0 atom stereocenters. The van der Waals surface area contributed by atoms with E-state index in [9.17, 15) is 18.0 Å². The van der Waals surface area contributed by atoms with Crippen molar-refractivity contribution in [3.8, 4) is 0 Å². The summed E-state index contributed by atoms with van der Waals surface area (Å²) >= 11 is 0. The van der Waals surface area contributed by atoms with Crippen molar-refractivity contribution in [1.82, 2.24) is 15.3 Å². The predicted molar refractivity (Wildman–Crippen MR) is 78.8 cm³/mol. The van der Waals surface area contributed by atoms with Crippen LogP contribution in [0.1, 0.15) is 25.6 Å². The van der Waals surface area contributed by atoms with Gasteiger partial charge in [-0.1, -0.05) is 12.1 Å². The minimum Gasteiger partial charge on any atom is -0.367 e. The Labute approximate surface area is 130 Å². The molecule has 122 valence electrons. The van der Waals surface area contributed by atoms with Crippen LogP contribution in [-0.4, -0.2) is 28.0 Å². The number of carbonyl (C=O) groups is 1. The minimum atomic E-state index is -4.60. The van der Waals surface area contributed by atoms with Crippen LogP contribution in [0.4, 0.5) is 19.0 Å². The average molecular weight is 324 g/mol. The zero-order chi connectivity index (χ0) is 16.6. The van der Waals surface area contributed by atoms with Gasteiger partial charge in [0.2, 0.25) is 11.7 Å². The van der Waals surface area contributed by atoms with Crippen molar-refractivity contribution in [2.24, 2.45) is 0 Å². The summed E-state index contributed by atoms with van der Waals surface area (Å²) in [5.74, 6) is -1.09. The summed E-state index contributed by atoms with van der Waals surface area (Å²) in [5, 5.41) is 6.36. The van der Waals surface area contributed by atoms with Gasteiger partial charge in [0.1, 0.15) is 5.82 Å². The third kappa shape index (κ3) is 3.35. The zero-order valence-corrected chi connectivity index (χ0v) is 12.3. The molecule has 1 amide bonds. The molecule has 1 saturated carbocycles. The molecule has 3 rings (SSSR count). The number of fused-ring (bicyclic) bond motifs is 1. The molecule has 1 aromatic carbocycles. The highest BCUT2D eigenvalue weighted by atomic mass is 19.4. The summed E-state index contributed by atoms with van der Waals surface area (Å²) in [5.41, 5.74) is 0.245. The first-order valence-corrected chi connectivity index (χ1v) is 7.20. The van der Waals surface area contributed by atoms with E-state index in [4.69, 9.17) is 0 Å². The van der Waals surface area contributed by atoms with Crippen molar-refractivity contribution in [2.45, 2.75) is 38.0 Å². The van der Waals surface area contributed by atoms with E-state index in [1.54, 1.807) is 18.2 Å². The molecule has 1 aliphatic carbocycles. The number of nitrogens with zero attached hydrogens (tertiary/aromatic N) is 2. The second-order valence-electron chi connectivity index (χ2n) is 5.62. The number of halogens is 3. The fourth-order valence-corrected chi connectivity index (χ4v) is 2.65. The van der Waals surface area contributed by atoms with Gasteiger partial charge < -0.3 is 10.6 Å². The van der Waals surface area contributed by atoms with Crippen LogP contribution in [0, 0.1) is 0 Å². The topological polar surface area (TPSA) is 66.9 Å². The van der Waals surface area contributed by atoms with Crippen LogP contribution >= 0.6 is 0 Å². The van der Waals surface area contributed by atoms with Crippen LogP contribution in [-0.2, 0) is 11.0 Å². The number of benzene rings is 1. The van der Waals surface area contributed by atoms with E-state index in [-0.39, 0.29) is 29.3 Å². The van der Waals surface area contributed by atoms with Crippen LogP contribution < -0.4 is 10.6 Å². The molecule has 0 unspecified atom stereocenters. The Morgan fingerprint density at radius 3 is 2.52 bits per heavy atom. The summed E-state index contributed by atoms with van der Waals surface area (Å²) in [6.45, 7) is 1.44. The largest absolute Gasteiger partial charge is 0.451 e. The molecule has 0 bridgehead atoms. The van der Waals surface area contributed by atoms with Gasteiger partial charge in [-0.25, -0.2) is 9.97 Å². The van der Waals surface area contributed by atoms with E-state index >= 15 is 0 Å². The van der Waals surface area contributed by atoms with Crippen LogP contribution in [0.3, 0.4) is 0 Å². The minimum absolute atomic E-state index is 0.0220. The SMILES string of the molecule is CC(=O)NC1CC(Nc2nc(C(F)(F)F)nc3ccccc23)C1. The number of carbonyl (C=O) groups excluding carboxylic acids is 1. The van der Waals surface area contributed by atoms with E-state index < -0.39 is 12.0 Å². The van der Waals surface area contributed by atoms with Gasteiger partial charge in [-0.3, -0.25) is 4.79 Å². The summed E-state index contributed by atoms with van der Waals surface area (Å²) in [6.07, 6.45) is -3.29. The lowest BCUT2D eigenvalue weighted by molar-refractivity contribution is -0.144. The summed E-state index contributed by atoms with van der Waals surface area (Å²) in [7, 11) is 0. The van der Waals surface area contributed by atoms with E-state index in [0.29, 0.717) is 18.2 Å². The maximum absolute atomic E-state index is 12.9. The molecule has 1 heterocycles. The molecular weight excluding hydrogens is 309 g/mol. The molecule has 1 fully saturated rings. The number of hydrogen-bond donors (Lipinski definition) is 2. The number of rotatable bonds is 3. The summed E-state index contributed by atoms with van der Waals surface area (Å²) in [6, 6.07) is 6.60. The Bertz CT molecular complexity index is 741. The molecule has 1 aromatic heterocycles. The Hall–Kier alpha value is -2.38. The first kappa shape index (κ1) is 15.5. The highest BCUT2D eigenvalue weighted by Crippen LogP contribution is 2.32. The normalized spacial score (nSPS) is 20.9. The Morgan fingerprint density at radius 1 is 1.17 bits per heavy atom. The lowest BCUT2D eigenvalue weighted by atomic mass is 9.86. The molecule has 2 aromatic rings. The van der Waals surface area contributed by atoms with Crippen molar-refractivity contribution < 1.29 is 18.0 Å². The van der Waals surface area contributed by atoms with Gasteiger partial charge in [0, 0.05) is 24.4 Å². The molecule has 5 nitrogen and oxygen atoms in total. The third-order valence-corrected chi connectivity index (χ3v) is 3.74. The number of alkyl halides is 3. The van der Waals surface area contributed by atoms with Gasteiger partial charge >= 0.3 is 6.18 Å². The smallest absolute Gasteiger partial charge is 0.367 e. The third-order valence-electron chi connectivity index (χ3n) is 3.74. The molecule has 0 radical (unpaired) electrons. The number of nitrogens with one attached hydrogen (secondary N) is 2. The molecule has 0 aliphatic heterocycles. The van der Waals surface area contributed by atoms with Crippen molar-refractivity contribution in [2.75, 3.05) is 5.32 Å². The first-order chi connectivity index (χ1) is 10.8. The highest BCUT2D eigenvalue weighted by Gasteiger charge is 2.36. The van der Waals surface area contributed by atoms with E-state index in [1.165, 1.54) is 13.0 Å². The number of aromatic nitrogens is 2. The molecule has 1 aliphatic rings. The number of anilines is 1. The maximum atomic E-state index is 12.9. The van der Waals surface area contributed by atoms with E-state index in [1.807, 2.05) is 0 Å². The first-order valence-electron chi connectivity index (χ1n) is 7.20. The second kappa shape index (κ2) is 5.68. The summed E-state index contributed by atoms with van der Waals surface area (Å²) < 4.78 is 38.8. The zero-order valence-electron chi connectivity index (χ0n) is 12.3. The standard InChI is InChI=1S/C15H15F3N4O/c1-8(23)19-9-6-10(7-9)20-13-11-4-2-3-5-12(11)21-14(22-13)15(16,17)18/h2-5,9-10H,6-7H2,1H3,(H,19,23)(H,20,21,22). The lowest BCUT2D eigenvalue weighted by Crippen LogP contribution is -2.49. The average Bonchev–Trinajstić information content (AvgIpc) is 2.43. The number of hydrogen-bond acceptors (Lipinski definition) is 4. The van der Waals surface area contributed by atoms with Crippen molar-refractivity contribution in [3.63, 3.8) is 0 Å². The molecule has 8 heteroatoms. The van der Waals surface area contributed by atoms with Gasteiger partial charge in [-0.15, -0.1) is 0 Å².